The van der Waals surface area contributed by atoms with Crippen LogP contribution in [0.4, 0.5) is 0 Å². The second-order valence-electron chi connectivity index (χ2n) is 7.05. The van der Waals surface area contributed by atoms with Crippen LogP contribution in [-0.4, -0.2) is 5.78 Å². The summed E-state index contributed by atoms with van der Waals surface area (Å²) in [7, 11) is 0. The number of hydrogen-bond acceptors (Lipinski definition) is 1. The molecule has 4 atom stereocenters. The van der Waals surface area contributed by atoms with Crippen molar-refractivity contribution in [1.82, 2.24) is 0 Å². The molecule has 0 aromatic heterocycles. The Balaban J connectivity index is 1.94. The minimum Gasteiger partial charge on any atom is -0.333 e. The summed E-state index contributed by atoms with van der Waals surface area (Å²) < 4.78 is 0. The van der Waals surface area contributed by atoms with Gasteiger partial charge in [0, 0.05) is 11.1 Å². The third kappa shape index (κ3) is 3.09. The summed E-state index contributed by atoms with van der Waals surface area (Å²) in [5, 5.41) is 2.39. The Labute approximate surface area is 138 Å². The number of quaternary nitrogens is 1. The first kappa shape index (κ1) is 15.9. The number of Topliss-reactive ketones (excluding diaryl/α,β-unsaturated/α-hetero) is 1. The first-order valence-corrected chi connectivity index (χ1v) is 8.49. The number of benzene rings is 2. The van der Waals surface area contributed by atoms with Crippen LogP contribution < -0.4 is 5.32 Å². The van der Waals surface area contributed by atoms with Crippen LogP contribution in [0.5, 0.6) is 0 Å². The largest absolute Gasteiger partial charge is 0.333 e. The fourth-order valence-corrected chi connectivity index (χ4v) is 3.70. The van der Waals surface area contributed by atoms with E-state index in [1.54, 1.807) is 0 Å². The fraction of sp³-hybridized carbons (Fsp3) is 0.381. The molecule has 0 aliphatic carbocycles. The Morgan fingerprint density at radius 3 is 1.39 bits per heavy atom. The van der Waals surface area contributed by atoms with Crippen molar-refractivity contribution in [2.75, 3.05) is 0 Å². The van der Waals surface area contributed by atoms with E-state index in [4.69, 9.17) is 0 Å². The van der Waals surface area contributed by atoms with Crippen molar-refractivity contribution in [2.45, 2.75) is 39.8 Å². The lowest BCUT2D eigenvalue weighted by molar-refractivity contribution is -0.748. The van der Waals surface area contributed by atoms with Crippen molar-refractivity contribution in [3.63, 3.8) is 0 Å². The number of nitrogens with two attached hydrogens (primary N) is 1. The van der Waals surface area contributed by atoms with Gasteiger partial charge in [-0.05, 0) is 27.7 Å². The molecule has 1 aliphatic rings. The van der Waals surface area contributed by atoms with Gasteiger partial charge in [-0.2, -0.15) is 0 Å². The fourth-order valence-electron chi connectivity index (χ4n) is 3.70. The second-order valence-corrected chi connectivity index (χ2v) is 7.05. The van der Waals surface area contributed by atoms with Crippen molar-refractivity contribution in [3.05, 3.63) is 70.8 Å². The van der Waals surface area contributed by atoms with E-state index in [-0.39, 0.29) is 23.9 Å². The maximum Gasteiger partial charge on any atom is 0.151 e. The topological polar surface area (TPSA) is 33.7 Å². The third-order valence-electron chi connectivity index (χ3n) is 5.31. The van der Waals surface area contributed by atoms with Crippen molar-refractivity contribution in [2.24, 2.45) is 11.8 Å². The van der Waals surface area contributed by atoms with Crippen LogP contribution in [0.15, 0.2) is 48.5 Å². The first-order valence-electron chi connectivity index (χ1n) is 8.49. The molecule has 3 rings (SSSR count). The average Bonchev–Trinajstić information content (AvgIpc) is 2.55. The quantitative estimate of drug-likeness (QED) is 0.905. The monoisotopic (exact) mass is 308 g/mol. The molecule has 2 heteroatoms. The zero-order valence-corrected chi connectivity index (χ0v) is 14.4. The summed E-state index contributed by atoms with van der Waals surface area (Å²) in [5.41, 5.74) is 5.01. The molecular weight excluding hydrogens is 282 g/mol. The highest BCUT2D eigenvalue weighted by Gasteiger charge is 2.43. The Hall–Kier alpha value is -1.93. The van der Waals surface area contributed by atoms with Crippen molar-refractivity contribution in [1.29, 1.82) is 0 Å². The van der Waals surface area contributed by atoms with E-state index in [0.717, 1.165) is 0 Å². The lowest BCUT2D eigenvalue weighted by Gasteiger charge is -2.36. The van der Waals surface area contributed by atoms with Crippen LogP contribution in [0.2, 0.25) is 0 Å². The molecule has 2 aromatic rings. The van der Waals surface area contributed by atoms with Gasteiger partial charge in [0.15, 0.2) is 5.78 Å². The maximum absolute atomic E-state index is 12.8. The lowest BCUT2D eigenvalue weighted by atomic mass is 9.76. The average molecular weight is 308 g/mol. The van der Waals surface area contributed by atoms with Crippen molar-refractivity contribution in [3.8, 4) is 0 Å². The molecule has 0 amide bonds. The smallest absolute Gasteiger partial charge is 0.151 e. The number of piperidine rings is 1. The number of aryl methyl sites for hydroxylation is 2. The van der Waals surface area contributed by atoms with E-state index in [1.807, 2.05) is 0 Å². The van der Waals surface area contributed by atoms with Gasteiger partial charge in [-0.3, -0.25) is 4.79 Å². The summed E-state index contributed by atoms with van der Waals surface area (Å²) in [6.45, 7) is 8.34. The van der Waals surface area contributed by atoms with Gasteiger partial charge in [0.2, 0.25) is 0 Å². The predicted octanol–water partition coefficient (Wildman–Crippen LogP) is 3.50. The number of rotatable bonds is 2. The summed E-state index contributed by atoms with van der Waals surface area (Å²) in [6, 6.07) is 17.6. The van der Waals surface area contributed by atoms with Crippen molar-refractivity contribution < 1.29 is 10.1 Å². The number of ketones is 1. The van der Waals surface area contributed by atoms with Gasteiger partial charge in [0.05, 0.1) is 11.8 Å². The summed E-state index contributed by atoms with van der Waals surface area (Å²) >= 11 is 0. The number of hydrogen-bond donors (Lipinski definition) is 1. The number of carbonyl (C=O) groups is 1. The van der Waals surface area contributed by atoms with Gasteiger partial charge in [0.25, 0.3) is 0 Å². The minimum absolute atomic E-state index is 0.0504. The van der Waals surface area contributed by atoms with E-state index in [2.05, 4.69) is 81.5 Å². The molecule has 1 fully saturated rings. The van der Waals surface area contributed by atoms with Crippen LogP contribution in [-0.2, 0) is 4.79 Å². The van der Waals surface area contributed by atoms with Gasteiger partial charge in [-0.15, -0.1) is 0 Å². The maximum atomic E-state index is 12.8. The van der Waals surface area contributed by atoms with Crippen LogP contribution in [0.25, 0.3) is 0 Å². The highest BCUT2D eigenvalue weighted by Crippen LogP contribution is 2.32. The van der Waals surface area contributed by atoms with E-state index in [9.17, 15) is 4.79 Å². The molecule has 0 saturated carbocycles. The van der Waals surface area contributed by atoms with E-state index in [0.29, 0.717) is 5.78 Å². The van der Waals surface area contributed by atoms with Crippen LogP contribution in [0.3, 0.4) is 0 Å². The molecule has 0 bridgehead atoms. The van der Waals surface area contributed by atoms with Gasteiger partial charge in [-0.25, -0.2) is 0 Å². The van der Waals surface area contributed by atoms with E-state index < -0.39 is 0 Å². The Morgan fingerprint density at radius 2 is 1.04 bits per heavy atom. The van der Waals surface area contributed by atoms with Gasteiger partial charge in [0.1, 0.15) is 12.1 Å². The Morgan fingerprint density at radius 1 is 0.696 bits per heavy atom. The highest BCUT2D eigenvalue weighted by molar-refractivity contribution is 5.84. The summed E-state index contributed by atoms with van der Waals surface area (Å²) in [5.74, 6) is 0.479. The van der Waals surface area contributed by atoms with Crippen LogP contribution >= 0.6 is 0 Å². The number of carbonyl (C=O) groups excluding carboxylic acids is 1. The molecule has 23 heavy (non-hydrogen) atoms. The molecule has 0 radical (unpaired) electrons. The molecule has 1 saturated heterocycles. The molecule has 1 heterocycles. The van der Waals surface area contributed by atoms with E-state index in [1.165, 1.54) is 22.3 Å². The molecule has 0 spiro atoms. The summed E-state index contributed by atoms with van der Waals surface area (Å²) in [6.07, 6.45) is 0. The van der Waals surface area contributed by atoms with E-state index >= 15 is 0 Å². The highest BCUT2D eigenvalue weighted by atomic mass is 16.1. The third-order valence-corrected chi connectivity index (χ3v) is 5.31. The summed E-state index contributed by atoms with van der Waals surface area (Å²) in [4.78, 5) is 12.8. The molecule has 120 valence electrons. The second kappa shape index (κ2) is 6.29. The molecule has 0 unspecified atom stereocenters. The molecule has 1 aliphatic heterocycles. The lowest BCUT2D eigenvalue weighted by Crippen LogP contribution is -2.91. The van der Waals surface area contributed by atoms with Gasteiger partial charge < -0.3 is 5.32 Å². The standard InChI is InChI=1S/C21H25NO/c1-13-5-9-17(10-6-13)19-15(3)21(23)16(4)20(22-19)18-11-7-14(2)8-12-18/h5-12,15-16,19-20,22H,1-4H3/p+1/t15-,16-,19-,20-/m1/s1. The normalized spacial score (nSPS) is 27.9. The Bertz CT molecular complexity index is 627. The zero-order chi connectivity index (χ0) is 16.6. The first-order chi connectivity index (χ1) is 11.0. The Kier molecular flexibility index (Phi) is 4.36. The molecule has 2 nitrogen and oxygen atoms in total. The van der Waals surface area contributed by atoms with Gasteiger partial charge in [-0.1, -0.05) is 59.7 Å². The molecule has 2 N–H and O–H groups in total. The SMILES string of the molecule is Cc1ccc([C@@H]2[NH2+][C@@H](c3ccc(C)cc3)[C@@H](C)C(=O)[C@@H]2C)cc1. The van der Waals surface area contributed by atoms with Crippen LogP contribution in [0.1, 0.15) is 48.2 Å². The van der Waals surface area contributed by atoms with Crippen molar-refractivity contribution >= 4 is 5.78 Å². The van der Waals surface area contributed by atoms with Gasteiger partial charge >= 0.3 is 0 Å². The molecule has 2 aromatic carbocycles. The minimum atomic E-state index is 0.0504. The zero-order valence-electron chi connectivity index (χ0n) is 14.4. The predicted molar refractivity (Wildman–Crippen MR) is 93.1 cm³/mol. The molecular formula is C21H26NO+. The van der Waals surface area contributed by atoms with Crippen LogP contribution in [0, 0.1) is 25.7 Å².